The highest BCUT2D eigenvalue weighted by Crippen LogP contribution is 2.27. The maximum absolute atomic E-state index is 12.6. The van der Waals surface area contributed by atoms with Crippen LogP contribution in [0, 0.1) is 5.92 Å². The van der Waals surface area contributed by atoms with Crippen LogP contribution in [0.25, 0.3) is 0 Å². The smallest absolute Gasteiger partial charge is 0.252 e. The van der Waals surface area contributed by atoms with E-state index in [9.17, 15) is 9.59 Å². The second kappa shape index (κ2) is 6.48. The Bertz CT molecular complexity index is 579. The first-order chi connectivity index (χ1) is 10.7. The normalized spacial score (nSPS) is 19.4. The van der Waals surface area contributed by atoms with Gasteiger partial charge in [0, 0.05) is 19.1 Å². The Morgan fingerprint density at radius 3 is 2.82 bits per heavy atom. The lowest BCUT2D eigenvalue weighted by Crippen LogP contribution is -2.46. The molecule has 1 heterocycles. The molecule has 0 radical (unpaired) electrons. The van der Waals surface area contributed by atoms with E-state index in [0.717, 1.165) is 18.4 Å². The first-order valence-corrected chi connectivity index (χ1v) is 8.11. The first kappa shape index (κ1) is 15.0. The molecule has 1 fully saturated rings. The summed E-state index contributed by atoms with van der Waals surface area (Å²) >= 11 is 0. The van der Waals surface area contributed by atoms with Crippen LogP contribution in [0.3, 0.4) is 0 Å². The third-order valence-corrected chi connectivity index (χ3v) is 4.85. The SMILES string of the molecule is NC[C@H](NC(=O)c1cccc2c1C(=O)NC2)C1CCCCC1. The molecule has 0 bridgehead atoms. The molecule has 1 aromatic carbocycles. The Kier molecular flexibility index (Phi) is 4.43. The van der Waals surface area contributed by atoms with E-state index in [1.54, 1.807) is 6.07 Å². The number of nitrogens with one attached hydrogen (secondary N) is 2. The molecule has 0 aromatic heterocycles. The second-order valence-electron chi connectivity index (χ2n) is 6.24. The fraction of sp³-hybridized carbons (Fsp3) is 0.529. The molecule has 1 aromatic rings. The number of carbonyl (C=O) groups excluding carboxylic acids is 2. The molecule has 22 heavy (non-hydrogen) atoms. The number of amides is 2. The van der Waals surface area contributed by atoms with Crippen molar-refractivity contribution in [3.63, 3.8) is 0 Å². The number of carbonyl (C=O) groups is 2. The summed E-state index contributed by atoms with van der Waals surface area (Å²) in [7, 11) is 0. The van der Waals surface area contributed by atoms with Gasteiger partial charge in [-0.2, -0.15) is 0 Å². The average Bonchev–Trinajstić information content (AvgIpc) is 2.94. The molecule has 1 aliphatic carbocycles. The third kappa shape index (κ3) is 2.86. The fourth-order valence-electron chi connectivity index (χ4n) is 3.62. The molecule has 1 aliphatic heterocycles. The van der Waals surface area contributed by atoms with Crippen LogP contribution in [0.1, 0.15) is 58.4 Å². The first-order valence-electron chi connectivity index (χ1n) is 8.11. The van der Waals surface area contributed by atoms with Crippen molar-refractivity contribution in [1.29, 1.82) is 0 Å². The highest BCUT2D eigenvalue weighted by atomic mass is 16.2. The van der Waals surface area contributed by atoms with E-state index in [4.69, 9.17) is 5.73 Å². The van der Waals surface area contributed by atoms with Gasteiger partial charge in [0.1, 0.15) is 0 Å². The molecule has 0 spiro atoms. The molecular formula is C17H23N3O2. The highest BCUT2D eigenvalue weighted by molar-refractivity contribution is 6.09. The van der Waals surface area contributed by atoms with Gasteiger partial charge in [0.2, 0.25) is 0 Å². The van der Waals surface area contributed by atoms with Crippen LogP contribution in [0.5, 0.6) is 0 Å². The van der Waals surface area contributed by atoms with Crippen molar-refractivity contribution < 1.29 is 9.59 Å². The number of fused-ring (bicyclic) bond motifs is 1. The molecule has 1 saturated carbocycles. The number of nitrogens with two attached hydrogens (primary N) is 1. The Balaban J connectivity index is 1.77. The van der Waals surface area contributed by atoms with E-state index in [0.29, 0.717) is 30.1 Å². The second-order valence-corrected chi connectivity index (χ2v) is 6.24. The largest absolute Gasteiger partial charge is 0.348 e. The summed E-state index contributed by atoms with van der Waals surface area (Å²) in [4.78, 5) is 24.5. The fourth-order valence-corrected chi connectivity index (χ4v) is 3.62. The van der Waals surface area contributed by atoms with Gasteiger partial charge in [-0.25, -0.2) is 0 Å². The lowest BCUT2D eigenvalue weighted by molar-refractivity contribution is 0.0899. The minimum Gasteiger partial charge on any atom is -0.348 e. The van der Waals surface area contributed by atoms with E-state index in [1.165, 1.54) is 19.3 Å². The molecule has 5 heteroatoms. The maximum atomic E-state index is 12.6. The van der Waals surface area contributed by atoms with E-state index in [2.05, 4.69) is 10.6 Å². The minimum absolute atomic E-state index is 0.00637. The summed E-state index contributed by atoms with van der Waals surface area (Å²) in [5.41, 5.74) is 7.74. The minimum atomic E-state index is -0.185. The zero-order valence-electron chi connectivity index (χ0n) is 12.7. The summed E-state index contributed by atoms with van der Waals surface area (Å²) in [5, 5.41) is 5.83. The molecule has 4 N–H and O–H groups in total. The summed E-state index contributed by atoms with van der Waals surface area (Å²) < 4.78 is 0. The van der Waals surface area contributed by atoms with E-state index < -0.39 is 0 Å². The number of hydrogen-bond donors (Lipinski definition) is 3. The quantitative estimate of drug-likeness (QED) is 0.789. The van der Waals surface area contributed by atoms with Crippen LogP contribution in [0.4, 0.5) is 0 Å². The van der Waals surface area contributed by atoms with Crippen molar-refractivity contribution in [1.82, 2.24) is 10.6 Å². The monoisotopic (exact) mass is 301 g/mol. The van der Waals surface area contributed by atoms with Crippen LogP contribution in [0.15, 0.2) is 18.2 Å². The number of hydrogen-bond acceptors (Lipinski definition) is 3. The predicted molar refractivity (Wildman–Crippen MR) is 84.5 cm³/mol. The van der Waals surface area contributed by atoms with Gasteiger partial charge in [-0.3, -0.25) is 9.59 Å². The molecule has 118 valence electrons. The third-order valence-electron chi connectivity index (χ3n) is 4.85. The molecule has 2 amide bonds. The standard InChI is InChI=1S/C17H23N3O2/c18-9-14(11-5-2-1-3-6-11)20-16(21)13-8-4-7-12-10-19-17(22)15(12)13/h4,7-8,11,14H,1-3,5-6,9-10,18H2,(H,19,22)(H,20,21)/t14-/m0/s1. The lowest BCUT2D eigenvalue weighted by atomic mass is 9.83. The molecule has 2 aliphatic rings. The van der Waals surface area contributed by atoms with Gasteiger partial charge in [-0.05, 0) is 30.4 Å². The Hall–Kier alpha value is -1.88. The van der Waals surface area contributed by atoms with E-state index in [1.807, 2.05) is 12.1 Å². The Morgan fingerprint density at radius 2 is 2.09 bits per heavy atom. The Morgan fingerprint density at radius 1 is 1.32 bits per heavy atom. The van der Waals surface area contributed by atoms with Gasteiger partial charge < -0.3 is 16.4 Å². The zero-order valence-corrected chi connectivity index (χ0v) is 12.7. The summed E-state index contributed by atoms with van der Waals surface area (Å²) in [5.74, 6) is 0.103. The topological polar surface area (TPSA) is 84.2 Å². The van der Waals surface area contributed by atoms with E-state index >= 15 is 0 Å². The summed E-state index contributed by atoms with van der Waals surface area (Å²) in [6.45, 7) is 0.940. The van der Waals surface area contributed by atoms with Crippen LogP contribution >= 0.6 is 0 Å². The Labute approximate surface area is 130 Å². The maximum Gasteiger partial charge on any atom is 0.252 e. The predicted octanol–water partition coefficient (Wildman–Crippen LogP) is 1.57. The molecule has 0 unspecified atom stereocenters. The highest BCUT2D eigenvalue weighted by Gasteiger charge is 2.28. The van der Waals surface area contributed by atoms with Crippen molar-refractivity contribution >= 4 is 11.8 Å². The van der Waals surface area contributed by atoms with Gasteiger partial charge in [0.15, 0.2) is 0 Å². The van der Waals surface area contributed by atoms with Gasteiger partial charge >= 0.3 is 0 Å². The van der Waals surface area contributed by atoms with Crippen LogP contribution in [-0.2, 0) is 6.54 Å². The van der Waals surface area contributed by atoms with Crippen molar-refractivity contribution in [3.8, 4) is 0 Å². The molecule has 0 saturated heterocycles. The molecule has 1 atom stereocenters. The van der Waals surface area contributed by atoms with Gasteiger partial charge in [-0.1, -0.05) is 31.4 Å². The van der Waals surface area contributed by atoms with E-state index in [-0.39, 0.29) is 17.9 Å². The molecule has 5 nitrogen and oxygen atoms in total. The summed E-state index contributed by atoms with van der Waals surface area (Å²) in [6.07, 6.45) is 5.93. The zero-order chi connectivity index (χ0) is 15.5. The van der Waals surface area contributed by atoms with Crippen molar-refractivity contribution in [2.24, 2.45) is 11.7 Å². The van der Waals surface area contributed by atoms with Gasteiger partial charge in [-0.15, -0.1) is 0 Å². The number of rotatable bonds is 4. The van der Waals surface area contributed by atoms with Crippen LogP contribution in [-0.4, -0.2) is 24.4 Å². The number of benzene rings is 1. The van der Waals surface area contributed by atoms with Gasteiger partial charge in [0.25, 0.3) is 11.8 Å². The van der Waals surface area contributed by atoms with Crippen molar-refractivity contribution in [3.05, 3.63) is 34.9 Å². The molecular weight excluding hydrogens is 278 g/mol. The lowest BCUT2D eigenvalue weighted by Gasteiger charge is -2.30. The van der Waals surface area contributed by atoms with Crippen LogP contribution < -0.4 is 16.4 Å². The van der Waals surface area contributed by atoms with Crippen molar-refractivity contribution in [2.45, 2.75) is 44.7 Å². The summed E-state index contributed by atoms with van der Waals surface area (Å²) in [6, 6.07) is 5.42. The molecule has 3 rings (SSSR count). The van der Waals surface area contributed by atoms with Gasteiger partial charge in [0.05, 0.1) is 11.1 Å². The van der Waals surface area contributed by atoms with Crippen LogP contribution in [0.2, 0.25) is 0 Å². The average molecular weight is 301 g/mol. The van der Waals surface area contributed by atoms with Crippen molar-refractivity contribution in [2.75, 3.05) is 6.54 Å².